The number of hydrogen-bond acceptors (Lipinski definition) is 3. The van der Waals surface area contributed by atoms with Gasteiger partial charge in [0.2, 0.25) is 11.8 Å². The second kappa shape index (κ2) is 3.79. The van der Waals surface area contributed by atoms with Crippen molar-refractivity contribution < 1.29 is 14.7 Å². The smallest absolute Gasteiger partial charge is 0.237 e. The molecule has 2 rings (SSSR count). The van der Waals surface area contributed by atoms with E-state index in [2.05, 4.69) is 0 Å². The Morgan fingerprint density at radius 2 is 2.12 bits per heavy atom. The Bertz CT molecular complexity index is 472. The maximum Gasteiger partial charge on any atom is 0.237 e. The second-order valence-corrected chi connectivity index (χ2v) is 4.22. The summed E-state index contributed by atoms with van der Waals surface area (Å²) >= 11 is 5.72. The highest BCUT2D eigenvalue weighted by molar-refractivity contribution is 6.32. The van der Waals surface area contributed by atoms with E-state index in [0.717, 1.165) is 4.90 Å². The number of phenolic OH excluding ortho intramolecular Hbond substituents is 1. The van der Waals surface area contributed by atoms with Crippen LogP contribution in [0, 0.1) is 5.92 Å². The molecule has 0 aromatic heterocycles. The number of halogens is 1. The van der Waals surface area contributed by atoms with Crippen molar-refractivity contribution in [2.45, 2.75) is 13.3 Å². The molecule has 1 unspecified atom stereocenters. The normalized spacial score (nSPS) is 20.6. The van der Waals surface area contributed by atoms with Gasteiger partial charge in [-0.15, -0.1) is 0 Å². The van der Waals surface area contributed by atoms with Crippen molar-refractivity contribution in [3.8, 4) is 5.75 Å². The highest BCUT2D eigenvalue weighted by Gasteiger charge is 2.36. The number of carbonyl (C=O) groups excluding carboxylic acids is 2. The van der Waals surface area contributed by atoms with Crippen molar-refractivity contribution in [3.05, 3.63) is 23.2 Å². The van der Waals surface area contributed by atoms with Gasteiger partial charge in [-0.2, -0.15) is 0 Å². The fourth-order valence-electron chi connectivity index (χ4n) is 1.69. The average molecular weight is 240 g/mol. The number of imide groups is 1. The van der Waals surface area contributed by atoms with E-state index in [1.165, 1.54) is 18.2 Å². The summed E-state index contributed by atoms with van der Waals surface area (Å²) in [6, 6.07) is 4.26. The number of rotatable bonds is 1. The first-order valence-corrected chi connectivity index (χ1v) is 5.24. The second-order valence-electron chi connectivity index (χ2n) is 3.81. The minimum absolute atomic E-state index is 0.0717. The van der Waals surface area contributed by atoms with Crippen LogP contribution in [0.4, 0.5) is 5.69 Å². The lowest BCUT2D eigenvalue weighted by Gasteiger charge is -2.14. The third-order valence-corrected chi connectivity index (χ3v) is 2.86. The number of amides is 2. The Balaban J connectivity index is 2.41. The van der Waals surface area contributed by atoms with Crippen LogP contribution >= 0.6 is 11.6 Å². The lowest BCUT2D eigenvalue weighted by atomic mass is 10.1. The zero-order chi connectivity index (χ0) is 11.9. The summed E-state index contributed by atoms with van der Waals surface area (Å²) in [4.78, 5) is 24.4. The Kier molecular flexibility index (Phi) is 2.59. The molecule has 2 amide bonds. The molecular weight excluding hydrogens is 230 g/mol. The number of benzene rings is 1. The molecule has 5 heteroatoms. The highest BCUT2D eigenvalue weighted by Crippen LogP contribution is 2.32. The molecule has 0 spiro atoms. The molecule has 1 saturated heterocycles. The zero-order valence-corrected chi connectivity index (χ0v) is 9.36. The predicted octanol–water partition coefficient (Wildman–Crippen LogP) is 1.94. The minimum atomic E-state index is -0.292. The fourth-order valence-corrected chi connectivity index (χ4v) is 1.86. The van der Waals surface area contributed by atoms with Crippen LogP contribution < -0.4 is 4.90 Å². The molecule has 4 nitrogen and oxygen atoms in total. The molecule has 16 heavy (non-hydrogen) atoms. The monoisotopic (exact) mass is 239 g/mol. The molecule has 84 valence electrons. The lowest BCUT2D eigenvalue weighted by Crippen LogP contribution is -2.29. The van der Waals surface area contributed by atoms with E-state index in [0.29, 0.717) is 5.69 Å². The predicted molar refractivity (Wildman–Crippen MR) is 59.4 cm³/mol. The van der Waals surface area contributed by atoms with Crippen molar-refractivity contribution in [1.82, 2.24) is 0 Å². The van der Waals surface area contributed by atoms with Gasteiger partial charge in [0, 0.05) is 12.3 Å². The summed E-state index contributed by atoms with van der Waals surface area (Å²) in [7, 11) is 0. The third kappa shape index (κ3) is 1.65. The molecule has 1 aromatic rings. The van der Waals surface area contributed by atoms with Gasteiger partial charge >= 0.3 is 0 Å². The molecule has 0 bridgehead atoms. The summed E-state index contributed by atoms with van der Waals surface area (Å²) in [5, 5.41) is 9.37. The molecule has 1 aliphatic heterocycles. The molecular formula is C11H10ClNO3. The van der Waals surface area contributed by atoms with E-state index in [1.54, 1.807) is 6.92 Å². The van der Waals surface area contributed by atoms with Gasteiger partial charge in [-0.1, -0.05) is 18.5 Å². The Morgan fingerprint density at radius 1 is 1.44 bits per heavy atom. The summed E-state index contributed by atoms with van der Waals surface area (Å²) < 4.78 is 0. The molecule has 0 radical (unpaired) electrons. The van der Waals surface area contributed by atoms with Crippen molar-refractivity contribution in [2.75, 3.05) is 4.90 Å². The van der Waals surface area contributed by atoms with Crippen LogP contribution in [0.5, 0.6) is 5.75 Å². The largest absolute Gasteiger partial charge is 0.506 e. The first-order chi connectivity index (χ1) is 7.50. The number of carbonyl (C=O) groups is 2. The molecule has 1 fully saturated rings. The quantitative estimate of drug-likeness (QED) is 0.762. The van der Waals surface area contributed by atoms with E-state index >= 15 is 0 Å². The van der Waals surface area contributed by atoms with E-state index in [9.17, 15) is 14.7 Å². The number of nitrogens with zero attached hydrogens (tertiary/aromatic N) is 1. The summed E-state index contributed by atoms with van der Waals surface area (Å²) in [6.45, 7) is 1.71. The van der Waals surface area contributed by atoms with E-state index in [1.807, 2.05) is 0 Å². The number of anilines is 1. The molecule has 1 aromatic carbocycles. The van der Waals surface area contributed by atoms with Gasteiger partial charge in [-0.3, -0.25) is 14.5 Å². The molecule has 0 saturated carbocycles. The van der Waals surface area contributed by atoms with Crippen molar-refractivity contribution in [3.63, 3.8) is 0 Å². The van der Waals surface area contributed by atoms with E-state index in [-0.39, 0.29) is 34.9 Å². The first-order valence-electron chi connectivity index (χ1n) is 4.86. The van der Waals surface area contributed by atoms with Crippen LogP contribution in [0.1, 0.15) is 13.3 Å². The molecule has 1 aliphatic rings. The van der Waals surface area contributed by atoms with Crippen LogP contribution in [-0.4, -0.2) is 16.9 Å². The number of hydrogen-bond donors (Lipinski definition) is 1. The topological polar surface area (TPSA) is 57.6 Å². The Labute approximate surface area is 97.4 Å². The van der Waals surface area contributed by atoms with Gasteiger partial charge in [0.25, 0.3) is 0 Å². The summed E-state index contributed by atoms with van der Waals surface area (Å²) in [5.41, 5.74) is 0.405. The fraction of sp³-hybridized carbons (Fsp3) is 0.273. The molecule has 1 N–H and O–H groups in total. The van der Waals surface area contributed by atoms with Crippen molar-refractivity contribution in [2.24, 2.45) is 5.92 Å². The zero-order valence-electron chi connectivity index (χ0n) is 8.61. The van der Waals surface area contributed by atoms with Gasteiger partial charge in [-0.05, 0) is 18.2 Å². The van der Waals surface area contributed by atoms with Gasteiger partial charge in [0.15, 0.2) is 0 Å². The maximum atomic E-state index is 11.7. The average Bonchev–Trinajstić information content (AvgIpc) is 2.47. The molecule has 1 atom stereocenters. The van der Waals surface area contributed by atoms with Gasteiger partial charge in [0.1, 0.15) is 5.75 Å². The SMILES string of the molecule is CC1CC(=O)N(c2ccc(O)c(Cl)c2)C1=O. The van der Waals surface area contributed by atoms with Gasteiger partial charge < -0.3 is 5.11 Å². The number of phenols is 1. The van der Waals surface area contributed by atoms with Gasteiger partial charge in [0.05, 0.1) is 10.7 Å². The Hall–Kier alpha value is -1.55. The first kappa shape index (κ1) is 11.0. The van der Waals surface area contributed by atoms with Crippen LogP contribution in [-0.2, 0) is 9.59 Å². The summed E-state index contributed by atoms with van der Waals surface area (Å²) in [6.07, 6.45) is 0.220. The standard InChI is InChI=1S/C11H10ClNO3/c1-6-4-10(15)13(11(6)16)7-2-3-9(14)8(12)5-7/h2-3,5-6,14H,4H2,1H3. The van der Waals surface area contributed by atoms with Crippen molar-refractivity contribution in [1.29, 1.82) is 0 Å². The minimum Gasteiger partial charge on any atom is -0.506 e. The van der Waals surface area contributed by atoms with E-state index < -0.39 is 0 Å². The molecule has 0 aliphatic carbocycles. The maximum absolute atomic E-state index is 11.7. The molecule has 1 heterocycles. The Morgan fingerprint density at radius 3 is 2.62 bits per heavy atom. The lowest BCUT2D eigenvalue weighted by molar-refractivity contribution is -0.122. The van der Waals surface area contributed by atoms with Crippen LogP contribution in [0.3, 0.4) is 0 Å². The van der Waals surface area contributed by atoms with Crippen LogP contribution in [0.25, 0.3) is 0 Å². The number of aromatic hydroxyl groups is 1. The van der Waals surface area contributed by atoms with E-state index in [4.69, 9.17) is 11.6 Å². The van der Waals surface area contributed by atoms with Crippen LogP contribution in [0.15, 0.2) is 18.2 Å². The summed E-state index contributed by atoms with van der Waals surface area (Å²) in [5.74, 6) is -0.830. The highest BCUT2D eigenvalue weighted by atomic mass is 35.5. The van der Waals surface area contributed by atoms with Crippen molar-refractivity contribution >= 4 is 29.1 Å². The van der Waals surface area contributed by atoms with Crippen LogP contribution in [0.2, 0.25) is 5.02 Å². The van der Waals surface area contributed by atoms with Gasteiger partial charge in [-0.25, -0.2) is 0 Å². The third-order valence-electron chi connectivity index (χ3n) is 2.56.